The van der Waals surface area contributed by atoms with Crippen LogP contribution in [0.2, 0.25) is 0 Å². The molecule has 2 amide bonds. The molecule has 0 bridgehead atoms. The number of rotatable bonds is 15. The molecule has 2 saturated heterocycles. The molecule has 2 heterocycles. The molecule has 0 aliphatic carbocycles. The fourth-order valence-electron chi connectivity index (χ4n) is 6.30. The van der Waals surface area contributed by atoms with Gasteiger partial charge in [-0.2, -0.15) is 0 Å². The van der Waals surface area contributed by atoms with Crippen molar-refractivity contribution >= 4 is 23.8 Å². The first kappa shape index (κ1) is 42.3. The van der Waals surface area contributed by atoms with E-state index < -0.39 is 122 Å². The van der Waals surface area contributed by atoms with Gasteiger partial charge in [-0.25, -0.2) is 9.59 Å². The Kier molecular flexibility index (Phi) is 13.6. The van der Waals surface area contributed by atoms with Crippen molar-refractivity contribution in [3.8, 4) is 22.6 Å². The number of carboxylic acids is 2. The number of aliphatic hydroxyl groups excluding tert-OH is 8. The average Bonchev–Trinajstić information content (AvgIpc) is 3.12. The summed E-state index contributed by atoms with van der Waals surface area (Å²) >= 11 is 0. The number of nitrogens with one attached hydrogen (secondary N) is 2. The van der Waals surface area contributed by atoms with Gasteiger partial charge in [0, 0.05) is 13.8 Å². The zero-order valence-corrected chi connectivity index (χ0v) is 29.0. The highest BCUT2D eigenvalue weighted by Gasteiger charge is 2.58. The van der Waals surface area contributed by atoms with Gasteiger partial charge in [0.05, 0.1) is 50.3 Å². The minimum absolute atomic E-state index is 0.103. The van der Waals surface area contributed by atoms with E-state index in [2.05, 4.69) is 10.6 Å². The van der Waals surface area contributed by atoms with Crippen LogP contribution in [0, 0.1) is 0 Å². The highest BCUT2D eigenvalue weighted by atomic mass is 16.7. The topological polar surface area (TPSA) is 332 Å². The molecule has 2 fully saturated rings. The fraction of sp³-hybridized carbons (Fsp3) is 0.529. The van der Waals surface area contributed by atoms with E-state index in [-0.39, 0.29) is 11.5 Å². The van der Waals surface area contributed by atoms with Crippen molar-refractivity contribution < 1.29 is 89.2 Å². The second kappa shape index (κ2) is 17.3. The Morgan fingerprint density at radius 2 is 1.13 bits per heavy atom. The average molecular weight is 769 g/mol. The van der Waals surface area contributed by atoms with Crippen LogP contribution in [0.3, 0.4) is 0 Å². The molecule has 0 saturated carbocycles. The predicted molar refractivity (Wildman–Crippen MR) is 178 cm³/mol. The number of hydrogen-bond acceptors (Lipinski definition) is 16. The van der Waals surface area contributed by atoms with Crippen molar-refractivity contribution in [3.63, 3.8) is 0 Å². The lowest BCUT2D eigenvalue weighted by Crippen LogP contribution is -2.68. The minimum atomic E-state index is -2.65. The number of amides is 2. The van der Waals surface area contributed by atoms with E-state index >= 15 is 0 Å². The van der Waals surface area contributed by atoms with E-state index in [1.54, 1.807) is 6.07 Å². The smallest absolute Gasteiger partial charge is 0.377 e. The first-order valence-corrected chi connectivity index (χ1v) is 16.6. The molecule has 20 nitrogen and oxygen atoms in total. The maximum Gasteiger partial charge on any atom is 0.377 e. The van der Waals surface area contributed by atoms with Gasteiger partial charge in [0.15, 0.2) is 0 Å². The number of ether oxygens (including phenoxy) is 4. The first-order chi connectivity index (χ1) is 25.4. The molecule has 298 valence electrons. The van der Waals surface area contributed by atoms with E-state index in [1.807, 2.05) is 0 Å². The predicted octanol–water partition coefficient (Wildman–Crippen LogP) is -3.59. The van der Waals surface area contributed by atoms with Crippen LogP contribution < -0.4 is 20.1 Å². The molecule has 20 heteroatoms. The maximum absolute atomic E-state index is 12.6. The van der Waals surface area contributed by atoms with Gasteiger partial charge in [0.2, 0.25) is 11.8 Å². The van der Waals surface area contributed by atoms with Gasteiger partial charge in [-0.05, 0) is 35.4 Å². The van der Waals surface area contributed by atoms with Crippen molar-refractivity contribution in [2.45, 2.75) is 99.2 Å². The Balaban J connectivity index is 1.59. The van der Waals surface area contributed by atoms with Gasteiger partial charge < -0.3 is 80.6 Å². The normalized spacial score (nSPS) is 30.6. The largest absolute Gasteiger partial charge is 0.476 e. The van der Waals surface area contributed by atoms with Gasteiger partial charge in [0.1, 0.15) is 48.1 Å². The van der Waals surface area contributed by atoms with Crippen LogP contribution in [0.4, 0.5) is 0 Å². The lowest BCUT2D eigenvalue weighted by Gasteiger charge is -2.46. The standard InChI is InChI=1S/C34H44N2O18/c1-15(39)35-25-21(41)11-33(31(47)48,53-29(25)27(45)23(43)13-37)51-19-8-6-17(7-9-19)18-4-3-5-20(10-18)52-34(32(49)50)12-22(42)26(36-16(2)40)30(54-34)28(46)24(44)14-38/h3-10,21-30,37-38,41-46H,11-14H2,1-2H3,(H,35,39)(H,36,40)(H,47,48)(H,49,50)/t21-,22-,23+,24+,25+,26+,27-,28-,29+,30+,33+,34+/m0/s1. The second-order valence-electron chi connectivity index (χ2n) is 13.0. The number of carbonyl (C=O) groups excluding carboxylic acids is 2. The molecular weight excluding hydrogens is 724 g/mol. The number of hydrogen-bond donors (Lipinski definition) is 12. The Morgan fingerprint density at radius 3 is 1.52 bits per heavy atom. The number of carboxylic acid groups (broad SMARTS) is 2. The summed E-state index contributed by atoms with van der Waals surface area (Å²) in [5.41, 5.74) is 0.863. The van der Waals surface area contributed by atoms with Gasteiger partial charge in [-0.3, -0.25) is 9.59 Å². The molecule has 0 radical (unpaired) electrons. The summed E-state index contributed by atoms with van der Waals surface area (Å²) in [6.45, 7) is 0.297. The molecule has 12 atom stereocenters. The van der Waals surface area contributed by atoms with E-state index in [0.717, 1.165) is 13.8 Å². The van der Waals surface area contributed by atoms with Crippen LogP contribution in [-0.4, -0.2) is 161 Å². The number of aliphatic carboxylic acids is 2. The highest BCUT2D eigenvalue weighted by Crippen LogP contribution is 2.38. The third-order valence-corrected chi connectivity index (χ3v) is 8.96. The Morgan fingerprint density at radius 1 is 0.704 bits per heavy atom. The molecule has 0 unspecified atom stereocenters. The Labute approximate surface area is 307 Å². The van der Waals surface area contributed by atoms with Crippen LogP contribution >= 0.6 is 0 Å². The van der Waals surface area contributed by atoms with Gasteiger partial charge in [-0.15, -0.1) is 0 Å². The van der Waals surface area contributed by atoms with E-state index in [9.17, 15) is 70.2 Å². The van der Waals surface area contributed by atoms with Crippen molar-refractivity contribution in [1.29, 1.82) is 0 Å². The van der Waals surface area contributed by atoms with Crippen LogP contribution in [0.1, 0.15) is 26.7 Å². The first-order valence-electron chi connectivity index (χ1n) is 16.6. The fourth-order valence-corrected chi connectivity index (χ4v) is 6.30. The van der Waals surface area contributed by atoms with Crippen LogP contribution in [0.15, 0.2) is 48.5 Å². The zero-order chi connectivity index (χ0) is 40.1. The van der Waals surface area contributed by atoms with Gasteiger partial charge >= 0.3 is 23.5 Å². The number of benzene rings is 2. The Bertz CT molecular complexity index is 1640. The van der Waals surface area contributed by atoms with E-state index in [4.69, 9.17) is 18.9 Å². The molecule has 4 rings (SSSR count). The summed E-state index contributed by atoms with van der Waals surface area (Å²) in [6.07, 6.45) is -15.9. The molecule has 0 spiro atoms. The molecule has 2 aliphatic heterocycles. The molecule has 2 aromatic carbocycles. The van der Waals surface area contributed by atoms with Gasteiger partial charge in [-0.1, -0.05) is 24.3 Å². The van der Waals surface area contributed by atoms with Crippen LogP contribution in [0.25, 0.3) is 11.1 Å². The SMILES string of the molecule is CC(=O)N[C@H]1[C@H]([C@@H](O)[C@H](O)CO)O[C@@](Oc2ccc(-c3cccc(O[C@]4(C(=O)O)C[C@H](O)[C@@H](NC(C)=O)[C@H]([C@@H](O)[C@H](O)CO)O4)c3)cc2)(C(=O)O)C[C@@H]1O. The highest BCUT2D eigenvalue weighted by molar-refractivity contribution is 5.78. The number of aliphatic hydroxyl groups is 8. The lowest BCUT2D eigenvalue weighted by atomic mass is 9.88. The molecule has 12 N–H and O–H groups in total. The summed E-state index contributed by atoms with van der Waals surface area (Å²) < 4.78 is 22.8. The summed E-state index contributed by atoms with van der Waals surface area (Å²) in [7, 11) is 0. The van der Waals surface area contributed by atoms with E-state index in [0.29, 0.717) is 11.1 Å². The van der Waals surface area contributed by atoms with Crippen molar-refractivity contribution in [2.75, 3.05) is 13.2 Å². The van der Waals surface area contributed by atoms with Crippen LogP contribution in [-0.2, 0) is 28.7 Å². The molecule has 0 aromatic heterocycles. The number of carbonyl (C=O) groups is 4. The molecule has 54 heavy (non-hydrogen) atoms. The van der Waals surface area contributed by atoms with Crippen LogP contribution in [0.5, 0.6) is 11.5 Å². The third-order valence-electron chi connectivity index (χ3n) is 8.96. The molecular formula is C34H44N2O18. The molecule has 2 aliphatic rings. The summed E-state index contributed by atoms with van der Waals surface area (Å²) in [6, 6.07) is 8.66. The quantitative estimate of drug-likeness (QED) is 0.0833. The summed E-state index contributed by atoms with van der Waals surface area (Å²) in [5, 5.41) is 107. The van der Waals surface area contributed by atoms with Crippen molar-refractivity contribution in [2.24, 2.45) is 0 Å². The lowest BCUT2D eigenvalue weighted by molar-refractivity contribution is -0.284. The van der Waals surface area contributed by atoms with Crippen molar-refractivity contribution in [3.05, 3.63) is 48.5 Å². The van der Waals surface area contributed by atoms with Gasteiger partial charge in [0.25, 0.3) is 0 Å². The monoisotopic (exact) mass is 768 g/mol. The van der Waals surface area contributed by atoms with E-state index in [1.165, 1.54) is 42.5 Å². The Hall–Kier alpha value is -4.48. The summed E-state index contributed by atoms with van der Waals surface area (Å²) in [5.74, 6) is -10.3. The second-order valence-corrected chi connectivity index (χ2v) is 13.0. The third kappa shape index (κ3) is 9.24. The van der Waals surface area contributed by atoms with Crippen molar-refractivity contribution in [1.82, 2.24) is 10.6 Å². The maximum atomic E-state index is 12.6. The molecule has 2 aromatic rings. The summed E-state index contributed by atoms with van der Waals surface area (Å²) in [4.78, 5) is 48.7. The minimum Gasteiger partial charge on any atom is -0.476 e. The zero-order valence-electron chi connectivity index (χ0n) is 29.0.